The van der Waals surface area contributed by atoms with Crippen LogP contribution in [0.2, 0.25) is 0 Å². The van der Waals surface area contributed by atoms with Crippen LogP contribution < -0.4 is 5.32 Å². The minimum Gasteiger partial charge on any atom is -0.317 e. The summed E-state index contributed by atoms with van der Waals surface area (Å²) < 4.78 is 0. The number of hydrogen-bond acceptors (Lipinski definition) is 3. The molecule has 0 aromatic heterocycles. The Balaban J connectivity index is 2.87. The van der Waals surface area contributed by atoms with Gasteiger partial charge in [0.1, 0.15) is 0 Å². The zero-order valence-electron chi connectivity index (χ0n) is 11.5. The fourth-order valence-corrected chi connectivity index (χ4v) is 1.91. The molecule has 0 aliphatic heterocycles. The fraction of sp³-hybridized carbons (Fsp3) is 1.00. The fourth-order valence-electron chi connectivity index (χ4n) is 1.91. The van der Waals surface area contributed by atoms with Gasteiger partial charge in [-0.05, 0) is 32.4 Å². The van der Waals surface area contributed by atoms with Crippen molar-refractivity contribution in [1.29, 1.82) is 0 Å². The summed E-state index contributed by atoms with van der Waals surface area (Å²) in [5, 5.41) is 6.34. The molecule has 102 valence electrons. The first-order valence-corrected chi connectivity index (χ1v) is 7.41. The van der Waals surface area contributed by atoms with Crippen LogP contribution in [0.15, 0.2) is 5.18 Å². The Morgan fingerprint density at radius 3 is 1.88 bits per heavy atom. The normalized spacial score (nSPS) is 10.6. The summed E-state index contributed by atoms with van der Waals surface area (Å²) in [5.41, 5.74) is 0. The monoisotopic (exact) mass is 242 g/mol. The van der Waals surface area contributed by atoms with Crippen LogP contribution in [-0.4, -0.2) is 19.6 Å². The Bertz CT molecular complexity index is 151. The second-order valence-electron chi connectivity index (χ2n) is 4.78. The van der Waals surface area contributed by atoms with Crippen molar-refractivity contribution in [1.82, 2.24) is 5.32 Å². The van der Waals surface area contributed by atoms with Crippen molar-refractivity contribution in [2.24, 2.45) is 5.18 Å². The Hall–Kier alpha value is -0.440. The molecular formula is C14H30N2O. The van der Waals surface area contributed by atoms with Crippen LogP contribution in [0.1, 0.15) is 71.1 Å². The molecule has 0 rings (SSSR count). The van der Waals surface area contributed by atoms with Gasteiger partial charge in [-0.15, -0.1) is 0 Å². The molecule has 0 radical (unpaired) electrons. The third-order valence-electron chi connectivity index (χ3n) is 3.06. The molecule has 1 N–H and O–H groups in total. The number of rotatable bonds is 14. The Labute approximate surface area is 107 Å². The van der Waals surface area contributed by atoms with Crippen molar-refractivity contribution in [3.05, 3.63) is 4.91 Å². The molecule has 17 heavy (non-hydrogen) atoms. The zero-order chi connectivity index (χ0) is 12.6. The molecule has 0 heterocycles. The lowest BCUT2D eigenvalue weighted by molar-refractivity contribution is 0.547. The molecule has 0 spiro atoms. The first-order valence-electron chi connectivity index (χ1n) is 7.41. The first-order chi connectivity index (χ1) is 8.41. The Morgan fingerprint density at radius 1 is 0.765 bits per heavy atom. The van der Waals surface area contributed by atoms with Crippen molar-refractivity contribution >= 4 is 0 Å². The lowest BCUT2D eigenvalue weighted by Gasteiger charge is -2.03. The van der Waals surface area contributed by atoms with E-state index in [2.05, 4.69) is 17.4 Å². The van der Waals surface area contributed by atoms with E-state index in [1.54, 1.807) is 0 Å². The number of nitroso groups, excluding NO2 is 1. The molecule has 0 atom stereocenters. The molecular weight excluding hydrogens is 212 g/mol. The average Bonchev–Trinajstić information content (AvgIpc) is 2.35. The highest BCUT2D eigenvalue weighted by Crippen LogP contribution is 2.08. The number of nitrogens with one attached hydrogen (secondary N) is 1. The third kappa shape index (κ3) is 15.6. The van der Waals surface area contributed by atoms with Gasteiger partial charge in [0.25, 0.3) is 0 Å². The SMILES string of the molecule is CCCCNCCCCCCCCCCN=O. The largest absolute Gasteiger partial charge is 0.317 e. The van der Waals surface area contributed by atoms with Gasteiger partial charge in [-0.2, -0.15) is 4.91 Å². The third-order valence-corrected chi connectivity index (χ3v) is 3.06. The molecule has 0 aromatic carbocycles. The number of unbranched alkanes of at least 4 members (excludes halogenated alkanes) is 8. The molecule has 0 aromatic rings. The molecule has 0 amide bonds. The van der Waals surface area contributed by atoms with Crippen LogP contribution in [0.5, 0.6) is 0 Å². The van der Waals surface area contributed by atoms with E-state index in [1.165, 1.54) is 70.9 Å². The van der Waals surface area contributed by atoms with Crippen molar-refractivity contribution in [3.63, 3.8) is 0 Å². The predicted octanol–water partition coefficient (Wildman–Crippen LogP) is 4.26. The highest BCUT2D eigenvalue weighted by molar-refractivity contribution is 4.51. The first kappa shape index (κ1) is 16.6. The van der Waals surface area contributed by atoms with Crippen molar-refractivity contribution in [2.75, 3.05) is 19.6 Å². The van der Waals surface area contributed by atoms with E-state index in [-0.39, 0.29) is 0 Å². The van der Waals surface area contributed by atoms with Crippen LogP contribution in [0.3, 0.4) is 0 Å². The maximum absolute atomic E-state index is 9.85. The summed E-state index contributed by atoms with van der Waals surface area (Å²) in [6.07, 6.45) is 12.7. The van der Waals surface area contributed by atoms with Gasteiger partial charge in [0, 0.05) is 0 Å². The summed E-state index contributed by atoms with van der Waals surface area (Å²) in [6.45, 7) is 5.10. The quantitative estimate of drug-likeness (QED) is 0.365. The maximum atomic E-state index is 9.85. The highest BCUT2D eigenvalue weighted by Gasteiger charge is 1.92. The molecule has 0 unspecified atom stereocenters. The molecule has 0 aliphatic carbocycles. The highest BCUT2D eigenvalue weighted by atomic mass is 16.3. The van der Waals surface area contributed by atoms with Gasteiger partial charge in [-0.3, -0.25) is 0 Å². The molecule has 0 saturated carbocycles. The Kier molecular flexibility index (Phi) is 15.2. The second kappa shape index (κ2) is 15.6. The topological polar surface area (TPSA) is 41.5 Å². The van der Waals surface area contributed by atoms with Crippen molar-refractivity contribution < 1.29 is 0 Å². The van der Waals surface area contributed by atoms with Gasteiger partial charge in [0.2, 0.25) is 0 Å². The zero-order valence-corrected chi connectivity index (χ0v) is 11.5. The molecule has 3 heteroatoms. The predicted molar refractivity (Wildman–Crippen MR) is 75.4 cm³/mol. The average molecular weight is 242 g/mol. The van der Waals surface area contributed by atoms with Gasteiger partial charge in [-0.25, -0.2) is 0 Å². The minimum atomic E-state index is 0.503. The van der Waals surface area contributed by atoms with Crippen molar-refractivity contribution in [3.8, 4) is 0 Å². The molecule has 0 saturated heterocycles. The van der Waals surface area contributed by atoms with Crippen LogP contribution in [0, 0.1) is 4.91 Å². The minimum absolute atomic E-state index is 0.503. The lowest BCUT2D eigenvalue weighted by Crippen LogP contribution is -2.16. The van der Waals surface area contributed by atoms with Gasteiger partial charge in [0.05, 0.1) is 6.54 Å². The molecule has 0 bridgehead atoms. The van der Waals surface area contributed by atoms with E-state index < -0.39 is 0 Å². The molecule has 0 aliphatic rings. The van der Waals surface area contributed by atoms with Gasteiger partial charge in [-0.1, -0.05) is 57.0 Å². The maximum Gasteiger partial charge on any atom is 0.0811 e. The lowest BCUT2D eigenvalue weighted by atomic mass is 10.1. The van der Waals surface area contributed by atoms with Gasteiger partial charge >= 0.3 is 0 Å². The number of nitrogens with zero attached hydrogens (tertiary/aromatic N) is 1. The summed E-state index contributed by atoms with van der Waals surface area (Å²) >= 11 is 0. The van der Waals surface area contributed by atoms with Crippen molar-refractivity contribution in [2.45, 2.75) is 71.1 Å². The van der Waals surface area contributed by atoms with E-state index in [0.29, 0.717) is 6.54 Å². The van der Waals surface area contributed by atoms with Crippen LogP contribution >= 0.6 is 0 Å². The second-order valence-corrected chi connectivity index (χ2v) is 4.78. The van der Waals surface area contributed by atoms with E-state index in [1.807, 2.05) is 0 Å². The van der Waals surface area contributed by atoms with Crippen LogP contribution in [0.4, 0.5) is 0 Å². The molecule has 0 fully saturated rings. The Morgan fingerprint density at radius 2 is 1.29 bits per heavy atom. The number of hydrogen-bond donors (Lipinski definition) is 1. The standard InChI is InChI=1S/C14H30N2O/c1-2-3-12-15-13-10-8-6-4-5-7-9-11-14-16-17/h15H,2-14H2,1H3. The van der Waals surface area contributed by atoms with Crippen LogP contribution in [0.25, 0.3) is 0 Å². The van der Waals surface area contributed by atoms with Gasteiger partial charge < -0.3 is 5.32 Å². The van der Waals surface area contributed by atoms with E-state index in [4.69, 9.17) is 0 Å². The smallest absolute Gasteiger partial charge is 0.0811 e. The van der Waals surface area contributed by atoms with Gasteiger partial charge in [0.15, 0.2) is 0 Å². The van der Waals surface area contributed by atoms with E-state index in [9.17, 15) is 4.91 Å². The molecule has 3 nitrogen and oxygen atoms in total. The van der Waals surface area contributed by atoms with E-state index in [0.717, 1.165) is 6.42 Å². The summed E-state index contributed by atoms with van der Waals surface area (Å²) in [6, 6.07) is 0. The summed E-state index contributed by atoms with van der Waals surface area (Å²) in [7, 11) is 0. The van der Waals surface area contributed by atoms with E-state index >= 15 is 0 Å². The summed E-state index contributed by atoms with van der Waals surface area (Å²) in [4.78, 5) is 9.85. The summed E-state index contributed by atoms with van der Waals surface area (Å²) in [5.74, 6) is 0. The van der Waals surface area contributed by atoms with Crippen LogP contribution in [-0.2, 0) is 0 Å².